The van der Waals surface area contributed by atoms with Crippen molar-refractivity contribution in [3.63, 3.8) is 0 Å². The van der Waals surface area contributed by atoms with Crippen LogP contribution in [0.2, 0.25) is 0 Å². The van der Waals surface area contributed by atoms with Gasteiger partial charge >= 0.3 is 0 Å². The lowest BCUT2D eigenvalue weighted by Crippen LogP contribution is -1.93. The SMILES string of the molecule is O=C(C=Cc1ccc(Br)cc1)c1cccc(Br)c1. The topological polar surface area (TPSA) is 17.1 Å². The quantitative estimate of drug-likeness (QED) is 0.545. The average molecular weight is 366 g/mol. The van der Waals surface area contributed by atoms with Gasteiger partial charge in [-0.15, -0.1) is 0 Å². The smallest absolute Gasteiger partial charge is 0.185 e. The van der Waals surface area contributed by atoms with E-state index < -0.39 is 0 Å². The molecule has 1 nitrogen and oxygen atoms in total. The number of hydrogen-bond acceptors (Lipinski definition) is 1. The molecule has 0 heterocycles. The highest BCUT2D eigenvalue weighted by molar-refractivity contribution is 9.10. The monoisotopic (exact) mass is 364 g/mol. The van der Waals surface area contributed by atoms with E-state index in [2.05, 4.69) is 31.9 Å². The molecule has 0 spiro atoms. The molecule has 2 aromatic rings. The third-order valence-corrected chi connectivity index (χ3v) is 3.43. The van der Waals surface area contributed by atoms with E-state index in [-0.39, 0.29) is 5.78 Å². The molecular formula is C15H10Br2O. The van der Waals surface area contributed by atoms with Gasteiger partial charge in [-0.2, -0.15) is 0 Å². The van der Waals surface area contributed by atoms with Crippen LogP contribution < -0.4 is 0 Å². The number of halogens is 2. The summed E-state index contributed by atoms with van der Waals surface area (Å²) in [6.45, 7) is 0. The molecule has 2 aromatic carbocycles. The molecule has 3 heteroatoms. The molecule has 90 valence electrons. The van der Waals surface area contributed by atoms with Crippen LogP contribution in [0, 0.1) is 0 Å². The van der Waals surface area contributed by atoms with Gasteiger partial charge in [0.1, 0.15) is 0 Å². The normalized spacial score (nSPS) is 10.8. The highest BCUT2D eigenvalue weighted by Crippen LogP contribution is 2.14. The first-order chi connectivity index (χ1) is 8.65. The summed E-state index contributed by atoms with van der Waals surface area (Å²) in [5, 5.41) is 0. The number of hydrogen-bond donors (Lipinski definition) is 0. The lowest BCUT2D eigenvalue weighted by molar-refractivity contribution is 0.104. The van der Waals surface area contributed by atoms with E-state index in [1.165, 1.54) is 0 Å². The van der Waals surface area contributed by atoms with Crippen molar-refractivity contribution >= 4 is 43.7 Å². The summed E-state index contributed by atoms with van der Waals surface area (Å²) >= 11 is 6.73. The Balaban J connectivity index is 2.14. The van der Waals surface area contributed by atoms with Crippen molar-refractivity contribution in [2.24, 2.45) is 0 Å². The Kier molecular flexibility index (Phi) is 4.50. The van der Waals surface area contributed by atoms with Crippen LogP contribution in [-0.4, -0.2) is 5.78 Å². The minimum atomic E-state index is -0.000723. The maximum atomic E-state index is 11.9. The fourth-order valence-corrected chi connectivity index (χ4v) is 2.15. The molecule has 0 aliphatic rings. The van der Waals surface area contributed by atoms with Gasteiger partial charge in [0.2, 0.25) is 0 Å². The molecule has 18 heavy (non-hydrogen) atoms. The first-order valence-corrected chi connectivity index (χ1v) is 6.97. The minimum absolute atomic E-state index is 0.000723. The Morgan fingerprint density at radius 3 is 2.33 bits per heavy atom. The Morgan fingerprint density at radius 1 is 0.944 bits per heavy atom. The zero-order valence-electron chi connectivity index (χ0n) is 9.44. The zero-order chi connectivity index (χ0) is 13.0. The van der Waals surface area contributed by atoms with Crippen LogP contribution in [-0.2, 0) is 0 Å². The number of carbonyl (C=O) groups is 1. The lowest BCUT2D eigenvalue weighted by Gasteiger charge is -1.97. The molecule has 0 N–H and O–H groups in total. The second-order valence-electron chi connectivity index (χ2n) is 3.76. The van der Waals surface area contributed by atoms with Crippen LogP contribution in [0.4, 0.5) is 0 Å². The Morgan fingerprint density at radius 2 is 1.67 bits per heavy atom. The van der Waals surface area contributed by atoms with Gasteiger partial charge in [-0.25, -0.2) is 0 Å². The Hall–Kier alpha value is -1.19. The van der Waals surface area contributed by atoms with E-state index >= 15 is 0 Å². The van der Waals surface area contributed by atoms with Crippen molar-refractivity contribution in [2.75, 3.05) is 0 Å². The van der Waals surface area contributed by atoms with E-state index in [4.69, 9.17) is 0 Å². The lowest BCUT2D eigenvalue weighted by atomic mass is 10.1. The molecule has 0 amide bonds. The number of benzene rings is 2. The van der Waals surface area contributed by atoms with Crippen LogP contribution >= 0.6 is 31.9 Å². The highest BCUT2D eigenvalue weighted by Gasteiger charge is 2.01. The summed E-state index contributed by atoms with van der Waals surface area (Å²) in [5.41, 5.74) is 1.68. The van der Waals surface area contributed by atoms with Gasteiger partial charge in [0, 0.05) is 14.5 Å². The van der Waals surface area contributed by atoms with Gasteiger partial charge < -0.3 is 0 Å². The van der Waals surface area contributed by atoms with E-state index in [1.54, 1.807) is 12.1 Å². The minimum Gasteiger partial charge on any atom is -0.289 e. The van der Waals surface area contributed by atoms with Crippen LogP contribution in [0.25, 0.3) is 6.08 Å². The largest absolute Gasteiger partial charge is 0.289 e. The summed E-state index contributed by atoms with van der Waals surface area (Å²) in [7, 11) is 0. The molecule has 0 saturated heterocycles. The fraction of sp³-hybridized carbons (Fsp3) is 0. The van der Waals surface area contributed by atoms with E-state index in [0.717, 1.165) is 14.5 Å². The standard InChI is InChI=1S/C15H10Br2O/c16-13-7-4-11(5-8-13)6-9-15(18)12-2-1-3-14(17)10-12/h1-10H. The van der Waals surface area contributed by atoms with Gasteiger partial charge in [-0.1, -0.05) is 62.2 Å². The molecule has 0 aliphatic heterocycles. The summed E-state index contributed by atoms with van der Waals surface area (Å²) < 4.78 is 1.93. The van der Waals surface area contributed by atoms with Crippen molar-refractivity contribution in [3.8, 4) is 0 Å². The molecule has 2 rings (SSSR count). The predicted molar refractivity (Wildman–Crippen MR) is 81.6 cm³/mol. The molecule has 0 unspecified atom stereocenters. The molecule has 0 fully saturated rings. The van der Waals surface area contributed by atoms with E-state index in [1.807, 2.05) is 48.5 Å². The van der Waals surface area contributed by atoms with Crippen LogP contribution in [0.5, 0.6) is 0 Å². The van der Waals surface area contributed by atoms with Gasteiger partial charge in [-0.05, 0) is 35.9 Å². The Bertz CT molecular complexity index is 586. The number of carbonyl (C=O) groups excluding carboxylic acids is 1. The molecule has 0 aromatic heterocycles. The zero-order valence-corrected chi connectivity index (χ0v) is 12.6. The van der Waals surface area contributed by atoms with Crippen molar-refractivity contribution in [1.82, 2.24) is 0 Å². The van der Waals surface area contributed by atoms with Crippen LogP contribution in [0.15, 0.2) is 63.6 Å². The Labute approximate surface area is 123 Å². The number of allylic oxidation sites excluding steroid dienone is 1. The maximum absolute atomic E-state index is 11.9. The van der Waals surface area contributed by atoms with Crippen molar-refractivity contribution < 1.29 is 4.79 Å². The summed E-state index contributed by atoms with van der Waals surface area (Å²) in [6, 6.07) is 15.2. The van der Waals surface area contributed by atoms with Crippen LogP contribution in [0.1, 0.15) is 15.9 Å². The summed E-state index contributed by atoms with van der Waals surface area (Å²) in [6.07, 6.45) is 3.40. The first-order valence-electron chi connectivity index (χ1n) is 5.39. The molecule has 0 radical (unpaired) electrons. The first kappa shape index (κ1) is 13.2. The predicted octanol–water partition coefficient (Wildman–Crippen LogP) is 5.11. The third-order valence-electron chi connectivity index (χ3n) is 2.41. The molecule has 0 saturated carbocycles. The van der Waals surface area contributed by atoms with Gasteiger partial charge in [-0.3, -0.25) is 4.79 Å². The maximum Gasteiger partial charge on any atom is 0.185 e. The molecule has 0 bridgehead atoms. The average Bonchev–Trinajstić information content (AvgIpc) is 2.38. The summed E-state index contributed by atoms with van der Waals surface area (Å²) in [4.78, 5) is 11.9. The third kappa shape index (κ3) is 3.65. The number of ketones is 1. The summed E-state index contributed by atoms with van der Waals surface area (Å²) in [5.74, 6) is -0.000723. The van der Waals surface area contributed by atoms with E-state index in [9.17, 15) is 4.79 Å². The van der Waals surface area contributed by atoms with Crippen molar-refractivity contribution in [2.45, 2.75) is 0 Å². The van der Waals surface area contributed by atoms with E-state index in [0.29, 0.717) is 5.56 Å². The van der Waals surface area contributed by atoms with Crippen LogP contribution in [0.3, 0.4) is 0 Å². The molecular weight excluding hydrogens is 356 g/mol. The number of rotatable bonds is 3. The van der Waals surface area contributed by atoms with Gasteiger partial charge in [0.05, 0.1) is 0 Å². The van der Waals surface area contributed by atoms with Crippen molar-refractivity contribution in [1.29, 1.82) is 0 Å². The second-order valence-corrected chi connectivity index (χ2v) is 5.59. The molecule has 0 aliphatic carbocycles. The van der Waals surface area contributed by atoms with Gasteiger partial charge in [0.15, 0.2) is 5.78 Å². The highest BCUT2D eigenvalue weighted by atomic mass is 79.9. The molecule has 0 atom stereocenters. The van der Waals surface area contributed by atoms with Gasteiger partial charge in [0.25, 0.3) is 0 Å². The van der Waals surface area contributed by atoms with Crippen molar-refractivity contribution in [3.05, 3.63) is 74.7 Å². The second kappa shape index (κ2) is 6.12. The fourth-order valence-electron chi connectivity index (χ4n) is 1.48.